The maximum Gasteiger partial charge on any atom is 0.272 e. The van der Waals surface area contributed by atoms with Crippen LogP contribution in [0.5, 0.6) is 0 Å². The summed E-state index contributed by atoms with van der Waals surface area (Å²) in [5, 5.41) is 5.60. The second-order valence-corrected chi connectivity index (χ2v) is 9.95. The standard InChI is InChI=1S/C30H23BrN2O3S/c31-24-16-14-22(15-17-24)28(34)20-37-26-13-7-12-25(19-26)32-30(36)27(18-21-8-3-1-4-9-21)33-29(35)23-10-5-2-6-11-23/h1-19H,20H2,(H,32,36)(H,33,35)/b27-18-. The van der Waals surface area contributed by atoms with E-state index in [4.69, 9.17) is 0 Å². The lowest BCUT2D eigenvalue weighted by molar-refractivity contribution is -0.113. The molecule has 0 saturated carbocycles. The number of carbonyl (C=O) groups excluding carboxylic acids is 3. The molecule has 0 aliphatic rings. The van der Waals surface area contributed by atoms with Gasteiger partial charge in [0, 0.05) is 26.2 Å². The zero-order valence-corrected chi connectivity index (χ0v) is 22.1. The molecule has 0 bridgehead atoms. The van der Waals surface area contributed by atoms with Gasteiger partial charge in [-0.25, -0.2) is 0 Å². The van der Waals surface area contributed by atoms with Crippen LogP contribution in [0.15, 0.2) is 124 Å². The molecule has 0 unspecified atom stereocenters. The largest absolute Gasteiger partial charge is 0.321 e. The minimum Gasteiger partial charge on any atom is -0.321 e. The Labute approximate surface area is 228 Å². The molecule has 0 saturated heterocycles. The van der Waals surface area contributed by atoms with Crippen LogP contribution in [0.3, 0.4) is 0 Å². The minimum absolute atomic E-state index is 0.0173. The number of benzene rings is 4. The van der Waals surface area contributed by atoms with Crippen LogP contribution in [-0.2, 0) is 4.79 Å². The molecule has 2 amide bonds. The van der Waals surface area contributed by atoms with E-state index in [1.807, 2.05) is 60.7 Å². The molecule has 2 N–H and O–H groups in total. The summed E-state index contributed by atoms with van der Waals surface area (Å²) in [4.78, 5) is 39.3. The molecule has 7 heteroatoms. The van der Waals surface area contributed by atoms with Crippen LogP contribution < -0.4 is 10.6 Å². The molecule has 0 fully saturated rings. The van der Waals surface area contributed by atoms with Crippen molar-refractivity contribution in [1.82, 2.24) is 5.32 Å². The van der Waals surface area contributed by atoms with Gasteiger partial charge >= 0.3 is 0 Å². The van der Waals surface area contributed by atoms with E-state index in [0.717, 1.165) is 14.9 Å². The first-order chi connectivity index (χ1) is 18.0. The number of halogens is 1. The number of ketones is 1. The molecule has 0 heterocycles. The van der Waals surface area contributed by atoms with E-state index < -0.39 is 5.91 Å². The lowest BCUT2D eigenvalue weighted by Gasteiger charge is -2.12. The molecule has 0 radical (unpaired) electrons. The predicted molar refractivity (Wildman–Crippen MR) is 153 cm³/mol. The maximum atomic E-state index is 13.2. The van der Waals surface area contributed by atoms with Crippen LogP contribution in [0, 0.1) is 0 Å². The Balaban J connectivity index is 1.46. The van der Waals surface area contributed by atoms with Crippen molar-refractivity contribution in [3.63, 3.8) is 0 Å². The van der Waals surface area contributed by atoms with Gasteiger partial charge in [-0.3, -0.25) is 14.4 Å². The Morgan fingerprint density at radius 2 is 1.43 bits per heavy atom. The van der Waals surface area contributed by atoms with Crippen molar-refractivity contribution >= 4 is 57.1 Å². The van der Waals surface area contributed by atoms with Crippen molar-refractivity contribution in [2.75, 3.05) is 11.1 Å². The highest BCUT2D eigenvalue weighted by molar-refractivity contribution is 9.10. The van der Waals surface area contributed by atoms with E-state index in [-0.39, 0.29) is 23.1 Å². The smallest absolute Gasteiger partial charge is 0.272 e. The molecular weight excluding hydrogens is 548 g/mol. The molecular formula is C30H23BrN2O3S. The molecule has 37 heavy (non-hydrogen) atoms. The number of hydrogen-bond acceptors (Lipinski definition) is 4. The SMILES string of the molecule is O=C(Nc1cccc(SCC(=O)c2ccc(Br)cc2)c1)/C(=C/c1ccccc1)NC(=O)c1ccccc1. The molecule has 0 aliphatic heterocycles. The summed E-state index contributed by atoms with van der Waals surface area (Å²) in [6.07, 6.45) is 1.63. The highest BCUT2D eigenvalue weighted by Gasteiger charge is 2.15. The number of carbonyl (C=O) groups is 3. The van der Waals surface area contributed by atoms with Crippen LogP contribution in [0.2, 0.25) is 0 Å². The lowest BCUT2D eigenvalue weighted by atomic mass is 10.1. The fraction of sp³-hybridized carbons (Fsp3) is 0.0333. The fourth-order valence-electron chi connectivity index (χ4n) is 3.39. The van der Waals surface area contributed by atoms with Crippen molar-refractivity contribution in [3.8, 4) is 0 Å². The van der Waals surface area contributed by atoms with Crippen LogP contribution in [0.4, 0.5) is 5.69 Å². The van der Waals surface area contributed by atoms with Gasteiger partial charge in [-0.1, -0.05) is 82.7 Å². The zero-order chi connectivity index (χ0) is 26.0. The molecule has 0 spiro atoms. The Kier molecular flexibility index (Phi) is 9.08. The van der Waals surface area contributed by atoms with Crippen molar-refractivity contribution in [3.05, 3.63) is 136 Å². The third-order valence-corrected chi connectivity index (χ3v) is 6.79. The molecule has 184 valence electrons. The number of amides is 2. The Hall–Kier alpha value is -3.94. The molecule has 5 nitrogen and oxygen atoms in total. The van der Waals surface area contributed by atoms with E-state index in [9.17, 15) is 14.4 Å². The first kappa shape index (κ1) is 26.1. The summed E-state index contributed by atoms with van der Waals surface area (Å²) in [5.41, 5.74) is 2.53. The summed E-state index contributed by atoms with van der Waals surface area (Å²) >= 11 is 4.76. The van der Waals surface area contributed by atoms with Crippen LogP contribution in [-0.4, -0.2) is 23.4 Å². The zero-order valence-electron chi connectivity index (χ0n) is 19.7. The third-order valence-electron chi connectivity index (χ3n) is 5.27. The first-order valence-electron chi connectivity index (χ1n) is 11.4. The van der Waals surface area contributed by atoms with E-state index in [1.165, 1.54) is 11.8 Å². The van der Waals surface area contributed by atoms with Gasteiger partial charge in [0.25, 0.3) is 11.8 Å². The average Bonchev–Trinajstić information content (AvgIpc) is 2.93. The number of thioether (sulfide) groups is 1. The highest BCUT2D eigenvalue weighted by Crippen LogP contribution is 2.23. The van der Waals surface area contributed by atoms with Crippen LogP contribution in [0.1, 0.15) is 26.3 Å². The number of hydrogen-bond donors (Lipinski definition) is 2. The first-order valence-corrected chi connectivity index (χ1v) is 13.2. The summed E-state index contributed by atoms with van der Waals surface area (Å²) in [6.45, 7) is 0. The Morgan fingerprint density at radius 1 is 0.757 bits per heavy atom. The van der Waals surface area contributed by atoms with E-state index >= 15 is 0 Å². The van der Waals surface area contributed by atoms with Gasteiger partial charge in [0.15, 0.2) is 5.78 Å². The molecule has 0 aromatic heterocycles. The van der Waals surface area contributed by atoms with E-state index in [2.05, 4.69) is 26.6 Å². The van der Waals surface area contributed by atoms with Crippen molar-refractivity contribution in [2.45, 2.75) is 4.90 Å². The lowest BCUT2D eigenvalue weighted by Crippen LogP contribution is -2.30. The second kappa shape index (κ2) is 12.9. The summed E-state index contributed by atoms with van der Waals surface area (Å²) < 4.78 is 0.917. The summed E-state index contributed by atoms with van der Waals surface area (Å²) in [5.74, 6) is -0.552. The van der Waals surface area contributed by atoms with Gasteiger partial charge in [-0.2, -0.15) is 0 Å². The predicted octanol–water partition coefficient (Wildman–Crippen LogP) is 6.83. The van der Waals surface area contributed by atoms with Gasteiger partial charge in [-0.15, -0.1) is 11.8 Å². The number of rotatable bonds is 9. The average molecular weight is 571 g/mol. The number of Topliss-reactive ketones (excluding diaryl/α,β-unsaturated/α-hetero) is 1. The molecule has 4 aromatic carbocycles. The Morgan fingerprint density at radius 3 is 2.14 bits per heavy atom. The topological polar surface area (TPSA) is 75.3 Å². The van der Waals surface area contributed by atoms with Crippen molar-refractivity contribution in [1.29, 1.82) is 0 Å². The van der Waals surface area contributed by atoms with Gasteiger partial charge in [0.1, 0.15) is 5.70 Å². The maximum absolute atomic E-state index is 13.2. The van der Waals surface area contributed by atoms with Crippen LogP contribution in [0.25, 0.3) is 6.08 Å². The normalized spacial score (nSPS) is 11.0. The summed E-state index contributed by atoms with van der Waals surface area (Å²) in [6, 6.07) is 32.5. The molecule has 0 aliphatic carbocycles. The van der Waals surface area contributed by atoms with E-state index in [1.54, 1.807) is 54.6 Å². The minimum atomic E-state index is -0.457. The molecule has 0 atom stereocenters. The van der Waals surface area contributed by atoms with Gasteiger partial charge < -0.3 is 10.6 Å². The third kappa shape index (κ3) is 7.77. The van der Waals surface area contributed by atoms with Crippen molar-refractivity contribution < 1.29 is 14.4 Å². The van der Waals surface area contributed by atoms with Crippen molar-refractivity contribution in [2.24, 2.45) is 0 Å². The number of nitrogens with one attached hydrogen (secondary N) is 2. The van der Waals surface area contributed by atoms with Crippen LogP contribution >= 0.6 is 27.7 Å². The molecule has 4 aromatic rings. The quantitative estimate of drug-likeness (QED) is 0.131. The van der Waals surface area contributed by atoms with Gasteiger partial charge in [-0.05, 0) is 54.1 Å². The fourth-order valence-corrected chi connectivity index (χ4v) is 4.50. The Bertz CT molecular complexity index is 1420. The monoisotopic (exact) mass is 570 g/mol. The van der Waals surface area contributed by atoms with Gasteiger partial charge in [0.05, 0.1) is 5.75 Å². The summed E-state index contributed by atoms with van der Waals surface area (Å²) in [7, 11) is 0. The molecule has 4 rings (SSSR count). The van der Waals surface area contributed by atoms with Gasteiger partial charge in [0.2, 0.25) is 0 Å². The van der Waals surface area contributed by atoms with E-state index in [0.29, 0.717) is 16.8 Å². The highest BCUT2D eigenvalue weighted by atomic mass is 79.9. The number of anilines is 1. The second-order valence-electron chi connectivity index (χ2n) is 7.99.